The molecule has 5 heteroatoms. The minimum atomic E-state index is -0.0480. The quantitative estimate of drug-likeness (QED) is 0.642. The third-order valence-electron chi connectivity index (χ3n) is 2.43. The Morgan fingerprint density at radius 3 is 2.83 bits per heavy atom. The van der Waals surface area contributed by atoms with Crippen molar-refractivity contribution in [3.8, 4) is 5.75 Å². The summed E-state index contributed by atoms with van der Waals surface area (Å²) in [4.78, 5) is 5.35. The van der Waals surface area contributed by atoms with E-state index in [4.69, 9.17) is 10.6 Å². The largest absolute Gasteiger partial charge is 0.489 e. The van der Waals surface area contributed by atoms with Gasteiger partial charge in [-0.25, -0.2) is 5.43 Å². The van der Waals surface area contributed by atoms with Gasteiger partial charge in [0, 0.05) is 11.1 Å². The number of hydrogen-bond donors (Lipinski definition) is 2. The maximum Gasteiger partial charge on any atom is 0.138 e. The van der Waals surface area contributed by atoms with E-state index in [1.165, 1.54) is 0 Å². The highest BCUT2D eigenvalue weighted by Gasteiger charge is 2.14. The van der Waals surface area contributed by atoms with Gasteiger partial charge in [-0.1, -0.05) is 6.07 Å². The first-order valence-corrected chi connectivity index (χ1v) is 6.70. The van der Waals surface area contributed by atoms with E-state index in [0.29, 0.717) is 0 Å². The van der Waals surface area contributed by atoms with Crippen molar-refractivity contribution in [2.75, 3.05) is 0 Å². The fourth-order valence-electron chi connectivity index (χ4n) is 1.73. The van der Waals surface area contributed by atoms with Gasteiger partial charge >= 0.3 is 0 Å². The molecule has 0 saturated heterocycles. The van der Waals surface area contributed by atoms with Crippen LogP contribution >= 0.6 is 11.3 Å². The second-order valence-electron chi connectivity index (χ2n) is 4.24. The number of hydrazine groups is 1. The number of nitrogens with zero attached hydrogens (tertiary/aromatic N) is 1. The molecule has 0 aliphatic carbocycles. The third-order valence-corrected chi connectivity index (χ3v) is 3.37. The summed E-state index contributed by atoms with van der Waals surface area (Å²) < 4.78 is 5.64. The second kappa shape index (κ2) is 5.95. The number of nitrogens with two attached hydrogens (primary N) is 1. The highest BCUT2D eigenvalue weighted by molar-refractivity contribution is 7.10. The molecule has 1 unspecified atom stereocenters. The van der Waals surface area contributed by atoms with Gasteiger partial charge in [-0.2, -0.15) is 0 Å². The van der Waals surface area contributed by atoms with Crippen LogP contribution < -0.4 is 16.0 Å². The van der Waals surface area contributed by atoms with Crippen LogP contribution in [0.5, 0.6) is 5.75 Å². The minimum Gasteiger partial charge on any atom is -0.489 e. The normalized spacial score (nSPS) is 12.7. The molecule has 1 atom stereocenters. The Labute approximate surface area is 111 Å². The first-order chi connectivity index (χ1) is 8.70. The summed E-state index contributed by atoms with van der Waals surface area (Å²) in [5.41, 5.74) is 3.81. The van der Waals surface area contributed by atoms with Crippen LogP contribution in [0.1, 0.15) is 30.3 Å². The van der Waals surface area contributed by atoms with E-state index in [9.17, 15) is 0 Å². The molecule has 4 nitrogen and oxygen atoms in total. The van der Waals surface area contributed by atoms with Gasteiger partial charge in [0.15, 0.2) is 0 Å². The number of rotatable bonds is 5. The van der Waals surface area contributed by atoms with Crippen LogP contribution in [0.4, 0.5) is 0 Å². The van der Waals surface area contributed by atoms with Gasteiger partial charge in [-0.05, 0) is 36.9 Å². The molecule has 2 rings (SSSR count). The van der Waals surface area contributed by atoms with Crippen molar-refractivity contribution in [2.45, 2.75) is 26.0 Å². The molecule has 0 aromatic carbocycles. The van der Waals surface area contributed by atoms with Gasteiger partial charge in [0.05, 0.1) is 18.3 Å². The Bertz CT molecular complexity index is 485. The maximum absolute atomic E-state index is 5.64. The van der Waals surface area contributed by atoms with E-state index in [-0.39, 0.29) is 12.1 Å². The lowest BCUT2D eigenvalue weighted by molar-refractivity contribution is 0.241. The maximum atomic E-state index is 5.64. The van der Waals surface area contributed by atoms with E-state index in [1.807, 2.05) is 37.4 Å². The number of pyridine rings is 1. The Hall–Kier alpha value is -1.43. The number of aromatic nitrogens is 1. The van der Waals surface area contributed by atoms with Crippen molar-refractivity contribution < 1.29 is 4.74 Å². The van der Waals surface area contributed by atoms with E-state index in [2.05, 4.69) is 10.4 Å². The summed E-state index contributed by atoms with van der Waals surface area (Å²) in [6, 6.07) is 5.97. The van der Waals surface area contributed by atoms with Crippen LogP contribution in [0.25, 0.3) is 0 Å². The van der Waals surface area contributed by atoms with E-state index in [0.717, 1.165) is 16.2 Å². The molecule has 2 aromatic rings. The zero-order chi connectivity index (χ0) is 13.0. The fraction of sp³-hybridized carbons (Fsp3) is 0.308. The van der Waals surface area contributed by atoms with Crippen LogP contribution in [-0.2, 0) is 0 Å². The first-order valence-electron chi connectivity index (χ1n) is 5.82. The van der Waals surface area contributed by atoms with Crippen LogP contribution in [0.2, 0.25) is 0 Å². The predicted molar refractivity (Wildman–Crippen MR) is 73.5 cm³/mol. The van der Waals surface area contributed by atoms with Gasteiger partial charge in [0.1, 0.15) is 5.75 Å². The Morgan fingerprint density at radius 2 is 2.22 bits per heavy atom. The van der Waals surface area contributed by atoms with Gasteiger partial charge < -0.3 is 4.74 Å². The zero-order valence-electron chi connectivity index (χ0n) is 10.5. The molecule has 0 aliphatic heterocycles. The lowest BCUT2D eigenvalue weighted by atomic mass is 10.1. The molecular formula is C13H17N3OS. The lowest BCUT2D eigenvalue weighted by Gasteiger charge is -2.16. The summed E-state index contributed by atoms with van der Waals surface area (Å²) in [5, 5.41) is 2.03. The van der Waals surface area contributed by atoms with Gasteiger partial charge in [-0.3, -0.25) is 10.8 Å². The average Bonchev–Trinajstić information content (AvgIpc) is 2.83. The van der Waals surface area contributed by atoms with Crippen LogP contribution in [0.3, 0.4) is 0 Å². The monoisotopic (exact) mass is 263 g/mol. The van der Waals surface area contributed by atoms with Crippen LogP contribution in [0, 0.1) is 0 Å². The van der Waals surface area contributed by atoms with E-state index >= 15 is 0 Å². The molecular weight excluding hydrogens is 246 g/mol. The Morgan fingerprint density at radius 1 is 1.39 bits per heavy atom. The molecule has 0 bridgehead atoms. The van der Waals surface area contributed by atoms with Gasteiger partial charge in [-0.15, -0.1) is 11.3 Å². The predicted octanol–water partition coefficient (Wildman–Crippen LogP) is 2.48. The van der Waals surface area contributed by atoms with Crippen molar-refractivity contribution >= 4 is 11.3 Å². The molecule has 0 radical (unpaired) electrons. The van der Waals surface area contributed by atoms with Crippen molar-refractivity contribution in [3.05, 3.63) is 46.4 Å². The van der Waals surface area contributed by atoms with Gasteiger partial charge in [0.25, 0.3) is 0 Å². The highest BCUT2D eigenvalue weighted by atomic mass is 32.1. The molecule has 0 aliphatic rings. The molecule has 2 heterocycles. The van der Waals surface area contributed by atoms with Crippen LogP contribution in [0.15, 0.2) is 36.0 Å². The fourth-order valence-corrected chi connectivity index (χ4v) is 2.54. The molecule has 0 fully saturated rings. The standard InChI is InChI=1S/C13H17N3OS/c1-9(2)17-11-6-10(7-15-8-11)13(16-14)12-4-3-5-18-12/h3-9,13,16H,14H2,1-2H3. The lowest BCUT2D eigenvalue weighted by Crippen LogP contribution is -2.28. The summed E-state index contributed by atoms with van der Waals surface area (Å²) >= 11 is 1.66. The topological polar surface area (TPSA) is 60.2 Å². The second-order valence-corrected chi connectivity index (χ2v) is 5.21. The van der Waals surface area contributed by atoms with Crippen molar-refractivity contribution in [1.29, 1.82) is 0 Å². The highest BCUT2D eigenvalue weighted by Crippen LogP contribution is 2.27. The SMILES string of the molecule is CC(C)Oc1cncc(C(NN)c2cccs2)c1. The van der Waals surface area contributed by atoms with Crippen molar-refractivity contribution in [1.82, 2.24) is 10.4 Å². The minimum absolute atomic E-state index is 0.0480. The number of thiophene rings is 1. The van der Waals surface area contributed by atoms with E-state index < -0.39 is 0 Å². The smallest absolute Gasteiger partial charge is 0.138 e. The summed E-state index contributed by atoms with van der Waals surface area (Å²) in [7, 11) is 0. The third kappa shape index (κ3) is 3.07. The van der Waals surface area contributed by atoms with Crippen LogP contribution in [-0.4, -0.2) is 11.1 Å². The average molecular weight is 263 g/mol. The molecule has 2 aromatic heterocycles. The summed E-state index contributed by atoms with van der Waals surface area (Å²) in [6.45, 7) is 3.98. The number of hydrogen-bond acceptors (Lipinski definition) is 5. The van der Waals surface area contributed by atoms with Crippen molar-refractivity contribution in [3.63, 3.8) is 0 Å². The first kappa shape index (κ1) is 13.0. The van der Waals surface area contributed by atoms with Crippen molar-refractivity contribution in [2.24, 2.45) is 5.84 Å². The molecule has 0 amide bonds. The molecule has 18 heavy (non-hydrogen) atoms. The molecule has 3 N–H and O–H groups in total. The Kier molecular flexibility index (Phi) is 4.30. The van der Waals surface area contributed by atoms with Gasteiger partial charge in [0.2, 0.25) is 0 Å². The number of nitrogens with one attached hydrogen (secondary N) is 1. The molecule has 0 saturated carbocycles. The summed E-state index contributed by atoms with van der Waals surface area (Å²) in [5.74, 6) is 6.40. The summed E-state index contributed by atoms with van der Waals surface area (Å²) in [6.07, 6.45) is 3.65. The van der Waals surface area contributed by atoms with E-state index in [1.54, 1.807) is 23.7 Å². The molecule has 96 valence electrons. The number of ether oxygens (including phenoxy) is 1. The molecule has 0 spiro atoms. The Balaban J connectivity index is 2.26. The zero-order valence-corrected chi connectivity index (χ0v) is 11.3.